The van der Waals surface area contributed by atoms with Crippen LogP contribution in [0.3, 0.4) is 0 Å². The highest BCUT2D eigenvalue weighted by Crippen LogP contribution is 2.41. The molecule has 2 heterocycles. The predicted octanol–water partition coefficient (Wildman–Crippen LogP) is 5.58. The van der Waals surface area contributed by atoms with Crippen LogP contribution in [0.5, 0.6) is 23.0 Å². The van der Waals surface area contributed by atoms with E-state index < -0.39 is 6.04 Å². The molecule has 1 atom stereocenters. The molecule has 1 amide bonds. The lowest BCUT2D eigenvalue weighted by Crippen LogP contribution is -2.31. The maximum atomic E-state index is 13.9. The highest BCUT2D eigenvalue weighted by Gasteiger charge is 2.43. The fourth-order valence-corrected chi connectivity index (χ4v) is 5.19. The number of halogens is 1. The second-order valence-electron chi connectivity index (χ2n) is 9.23. The van der Waals surface area contributed by atoms with Crippen molar-refractivity contribution in [3.63, 3.8) is 0 Å². The average Bonchev–Trinajstić information content (AvgIpc) is 3.23. The topological polar surface area (TPSA) is 87.4 Å². The van der Waals surface area contributed by atoms with Gasteiger partial charge in [-0.25, -0.2) is 0 Å². The molecule has 39 heavy (non-hydrogen) atoms. The smallest absolute Gasteiger partial charge is 0.290 e. The van der Waals surface area contributed by atoms with Crippen molar-refractivity contribution in [1.29, 1.82) is 0 Å². The van der Waals surface area contributed by atoms with Crippen molar-refractivity contribution in [3.8, 4) is 23.0 Å². The van der Waals surface area contributed by atoms with Crippen LogP contribution >= 0.6 is 11.6 Å². The lowest BCUT2D eigenvalue weighted by atomic mass is 9.97. The second-order valence-corrected chi connectivity index (χ2v) is 9.63. The predicted molar refractivity (Wildman–Crippen MR) is 148 cm³/mol. The number of amides is 1. The Kier molecular flexibility index (Phi) is 7.14. The highest BCUT2D eigenvalue weighted by molar-refractivity contribution is 6.32. The summed E-state index contributed by atoms with van der Waals surface area (Å²) in [7, 11) is 6.24. The zero-order chi connectivity index (χ0) is 27.8. The number of rotatable bonds is 8. The zero-order valence-electron chi connectivity index (χ0n) is 22.3. The van der Waals surface area contributed by atoms with Crippen LogP contribution in [0, 0.1) is 6.92 Å². The van der Waals surface area contributed by atoms with Gasteiger partial charge in [-0.1, -0.05) is 23.7 Å². The Bertz CT molecular complexity index is 1650. The molecule has 9 heteroatoms. The van der Waals surface area contributed by atoms with Crippen LogP contribution in [0.1, 0.15) is 38.9 Å². The number of nitrogens with zero attached hydrogens (tertiary/aromatic N) is 1. The van der Waals surface area contributed by atoms with E-state index in [-0.39, 0.29) is 22.7 Å². The Morgan fingerprint density at radius 1 is 0.846 bits per heavy atom. The molecule has 0 N–H and O–H groups in total. The van der Waals surface area contributed by atoms with Gasteiger partial charge < -0.3 is 28.3 Å². The summed E-state index contributed by atoms with van der Waals surface area (Å²) in [6.07, 6.45) is 0.502. The van der Waals surface area contributed by atoms with Crippen molar-refractivity contribution in [3.05, 3.63) is 91.8 Å². The average molecular weight is 550 g/mol. The lowest BCUT2D eigenvalue weighted by molar-refractivity contribution is 0.0730. The van der Waals surface area contributed by atoms with E-state index in [1.807, 2.05) is 31.2 Å². The number of benzene rings is 3. The minimum atomic E-state index is -0.701. The van der Waals surface area contributed by atoms with Gasteiger partial charge in [-0.2, -0.15) is 0 Å². The lowest BCUT2D eigenvalue weighted by Gasteiger charge is -2.26. The quantitative estimate of drug-likeness (QED) is 0.283. The molecule has 0 spiro atoms. The molecule has 0 aliphatic carbocycles. The van der Waals surface area contributed by atoms with Crippen LogP contribution < -0.4 is 24.4 Å². The van der Waals surface area contributed by atoms with Gasteiger partial charge in [0.2, 0.25) is 5.76 Å². The third-order valence-corrected chi connectivity index (χ3v) is 7.47. The molecule has 0 bridgehead atoms. The number of hydrogen-bond donors (Lipinski definition) is 0. The van der Waals surface area contributed by atoms with Gasteiger partial charge in [-0.05, 0) is 66.4 Å². The first-order chi connectivity index (χ1) is 18.8. The number of hydrogen-bond acceptors (Lipinski definition) is 7. The highest BCUT2D eigenvalue weighted by atomic mass is 35.5. The van der Waals surface area contributed by atoms with Crippen LogP contribution in [-0.2, 0) is 6.42 Å². The van der Waals surface area contributed by atoms with Crippen molar-refractivity contribution in [2.45, 2.75) is 19.4 Å². The van der Waals surface area contributed by atoms with Crippen molar-refractivity contribution in [2.75, 3.05) is 35.0 Å². The normalized spacial score (nSPS) is 14.5. The van der Waals surface area contributed by atoms with Crippen molar-refractivity contribution >= 4 is 28.5 Å². The summed E-state index contributed by atoms with van der Waals surface area (Å²) in [4.78, 5) is 29.4. The molecule has 3 aromatic carbocycles. The van der Waals surface area contributed by atoms with E-state index in [1.165, 1.54) is 7.11 Å². The van der Waals surface area contributed by atoms with Crippen molar-refractivity contribution < 1.29 is 28.2 Å². The monoisotopic (exact) mass is 549 g/mol. The summed E-state index contributed by atoms with van der Waals surface area (Å²) >= 11 is 6.35. The Morgan fingerprint density at radius 3 is 2.15 bits per heavy atom. The first-order valence-corrected chi connectivity index (χ1v) is 12.7. The summed E-state index contributed by atoms with van der Waals surface area (Å²) < 4.78 is 27.8. The largest absolute Gasteiger partial charge is 0.493 e. The summed E-state index contributed by atoms with van der Waals surface area (Å²) in [5.74, 6) is 1.90. The molecule has 1 unspecified atom stereocenters. The van der Waals surface area contributed by atoms with Crippen LogP contribution in [0.4, 0.5) is 0 Å². The van der Waals surface area contributed by atoms with E-state index >= 15 is 0 Å². The molecular formula is C30H28ClNO7. The first-order valence-electron chi connectivity index (χ1n) is 12.3. The van der Waals surface area contributed by atoms with Crippen LogP contribution in [-0.4, -0.2) is 45.8 Å². The Morgan fingerprint density at radius 2 is 1.49 bits per heavy atom. The molecule has 8 nitrogen and oxygen atoms in total. The number of aryl methyl sites for hydroxylation is 1. The molecule has 1 aliphatic heterocycles. The van der Waals surface area contributed by atoms with Gasteiger partial charge >= 0.3 is 0 Å². The minimum Gasteiger partial charge on any atom is -0.493 e. The summed E-state index contributed by atoms with van der Waals surface area (Å²) in [5.41, 5.74) is 2.68. The van der Waals surface area contributed by atoms with Gasteiger partial charge in [0.05, 0.1) is 45.4 Å². The van der Waals surface area contributed by atoms with Crippen LogP contribution in [0.25, 0.3) is 11.0 Å². The standard InChI is InChI=1S/C30H28ClNO7/c1-16-12-23-19(15-20(16)31)28(33)26-27(18-7-9-22(36-3)25(14-18)38-5)32(30(34)29(26)39-23)11-10-17-6-8-21(35-2)24(13-17)37-4/h6-9,12-15,27H,10-11H2,1-5H3. The molecule has 5 rings (SSSR count). The van der Waals surface area contributed by atoms with E-state index in [2.05, 4.69) is 0 Å². The van der Waals surface area contributed by atoms with E-state index in [4.69, 9.17) is 35.0 Å². The number of ether oxygens (including phenoxy) is 4. The number of methoxy groups -OCH3 is 4. The number of fused-ring (bicyclic) bond motifs is 2. The first kappa shape index (κ1) is 26.4. The number of carbonyl (C=O) groups excluding carboxylic acids is 1. The Labute approximate surface area is 230 Å². The molecule has 4 aromatic rings. The maximum absolute atomic E-state index is 13.9. The van der Waals surface area contributed by atoms with Crippen LogP contribution in [0.15, 0.2) is 57.7 Å². The van der Waals surface area contributed by atoms with Crippen molar-refractivity contribution in [1.82, 2.24) is 4.90 Å². The van der Waals surface area contributed by atoms with E-state index in [0.717, 1.165) is 11.1 Å². The van der Waals surface area contributed by atoms with Gasteiger partial charge in [0.1, 0.15) is 5.58 Å². The minimum absolute atomic E-state index is 0.0290. The fourth-order valence-electron chi connectivity index (χ4n) is 5.03. The molecule has 202 valence electrons. The van der Waals surface area contributed by atoms with E-state index in [1.54, 1.807) is 50.5 Å². The summed E-state index contributed by atoms with van der Waals surface area (Å²) in [6.45, 7) is 2.13. The molecule has 0 saturated carbocycles. The molecule has 0 saturated heterocycles. The van der Waals surface area contributed by atoms with Crippen LogP contribution in [0.2, 0.25) is 5.02 Å². The SMILES string of the molecule is COc1ccc(CCN2C(=O)c3oc4cc(C)c(Cl)cc4c(=O)c3C2c2ccc(OC)c(OC)c2)cc1OC. The molecule has 1 aliphatic rings. The molecular weight excluding hydrogens is 522 g/mol. The Hall–Kier alpha value is -4.17. The van der Waals surface area contributed by atoms with Gasteiger partial charge in [-0.3, -0.25) is 9.59 Å². The fraction of sp³-hybridized carbons (Fsp3) is 0.267. The Balaban J connectivity index is 1.63. The van der Waals surface area contributed by atoms with Gasteiger partial charge in [0.15, 0.2) is 28.4 Å². The maximum Gasteiger partial charge on any atom is 0.290 e. The third kappa shape index (κ3) is 4.55. The summed E-state index contributed by atoms with van der Waals surface area (Å²) in [5, 5.41) is 0.774. The second kappa shape index (κ2) is 10.5. The van der Waals surface area contributed by atoms with Gasteiger partial charge in [0, 0.05) is 11.6 Å². The molecule has 1 aromatic heterocycles. The van der Waals surface area contributed by atoms with Gasteiger partial charge in [-0.15, -0.1) is 0 Å². The number of carbonyl (C=O) groups is 1. The molecule has 0 radical (unpaired) electrons. The summed E-state index contributed by atoms with van der Waals surface area (Å²) in [6, 6.07) is 13.6. The van der Waals surface area contributed by atoms with E-state index in [9.17, 15) is 9.59 Å². The zero-order valence-corrected chi connectivity index (χ0v) is 23.0. The molecule has 0 fully saturated rings. The van der Waals surface area contributed by atoms with Gasteiger partial charge in [0.25, 0.3) is 5.91 Å². The third-order valence-electron chi connectivity index (χ3n) is 7.06. The van der Waals surface area contributed by atoms with E-state index in [0.29, 0.717) is 57.5 Å². The van der Waals surface area contributed by atoms with Crippen molar-refractivity contribution in [2.24, 2.45) is 0 Å².